The molecule has 0 aromatic heterocycles. The average molecular weight is 444 g/mol. The van der Waals surface area contributed by atoms with E-state index in [-0.39, 0.29) is 18.1 Å². The highest BCUT2D eigenvalue weighted by Crippen LogP contribution is 2.23. The van der Waals surface area contributed by atoms with Crippen LogP contribution >= 0.6 is 0 Å². The maximum Gasteiger partial charge on any atom is 0.317 e. The van der Waals surface area contributed by atoms with Crippen molar-refractivity contribution in [3.8, 4) is 0 Å². The van der Waals surface area contributed by atoms with E-state index in [1.165, 1.54) is 22.9 Å². The van der Waals surface area contributed by atoms with Crippen LogP contribution in [-0.4, -0.2) is 50.8 Å². The number of amides is 2. The standard InChI is InChI=1S/C24H33N3O3S/c1-4-25-24(28)27-14-8-13-22(26-31(3,29)30)23(27)17-20-11-7-10-19(15-20)16-21-12-6-5-9-18(21)2/h5-7,9-12,15,22-23,26H,4,8,13-14,16-17H2,1-3H3,(H,25,28). The van der Waals surface area contributed by atoms with E-state index in [1.807, 2.05) is 19.1 Å². The number of aryl methyl sites for hydroxylation is 1. The van der Waals surface area contributed by atoms with Gasteiger partial charge in [-0.3, -0.25) is 0 Å². The summed E-state index contributed by atoms with van der Waals surface area (Å²) in [6, 6.07) is 16.1. The molecule has 168 valence electrons. The van der Waals surface area contributed by atoms with E-state index in [2.05, 4.69) is 53.4 Å². The van der Waals surface area contributed by atoms with E-state index < -0.39 is 10.0 Å². The highest BCUT2D eigenvalue weighted by molar-refractivity contribution is 7.88. The molecule has 1 saturated heterocycles. The number of rotatable bonds is 7. The minimum atomic E-state index is -3.37. The van der Waals surface area contributed by atoms with Crippen LogP contribution in [0.2, 0.25) is 0 Å². The number of likely N-dealkylation sites (tertiary alicyclic amines) is 1. The minimum Gasteiger partial charge on any atom is -0.338 e. The van der Waals surface area contributed by atoms with Crippen molar-refractivity contribution in [1.29, 1.82) is 0 Å². The fourth-order valence-electron chi connectivity index (χ4n) is 4.36. The number of sulfonamides is 1. The van der Waals surface area contributed by atoms with Gasteiger partial charge in [-0.2, -0.15) is 0 Å². The van der Waals surface area contributed by atoms with Crippen LogP contribution in [0.5, 0.6) is 0 Å². The minimum absolute atomic E-state index is 0.136. The van der Waals surface area contributed by atoms with Gasteiger partial charge in [-0.15, -0.1) is 0 Å². The molecule has 0 spiro atoms. The summed E-state index contributed by atoms with van der Waals surface area (Å²) < 4.78 is 26.7. The number of carbonyl (C=O) groups excluding carboxylic acids is 1. The molecule has 2 unspecified atom stereocenters. The van der Waals surface area contributed by atoms with E-state index in [0.717, 1.165) is 24.8 Å². The number of hydrogen-bond acceptors (Lipinski definition) is 3. The van der Waals surface area contributed by atoms with Crippen LogP contribution < -0.4 is 10.0 Å². The molecular formula is C24H33N3O3S. The summed E-state index contributed by atoms with van der Waals surface area (Å²) in [6.45, 7) is 5.17. The molecule has 2 atom stereocenters. The number of nitrogens with zero attached hydrogens (tertiary/aromatic N) is 1. The number of benzene rings is 2. The second-order valence-corrected chi connectivity index (χ2v) is 10.1. The Balaban J connectivity index is 1.84. The Morgan fingerprint density at radius 1 is 1.13 bits per heavy atom. The van der Waals surface area contributed by atoms with Crippen LogP contribution in [0.15, 0.2) is 48.5 Å². The van der Waals surface area contributed by atoms with Gasteiger partial charge in [0, 0.05) is 19.1 Å². The van der Waals surface area contributed by atoms with Crippen LogP contribution in [-0.2, 0) is 22.9 Å². The number of carbonyl (C=O) groups is 1. The van der Waals surface area contributed by atoms with Gasteiger partial charge in [0.15, 0.2) is 0 Å². The van der Waals surface area contributed by atoms with Gasteiger partial charge in [-0.25, -0.2) is 17.9 Å². The predicted molar refractivity (Wildman–Crippen MR) is 125 cm³/mol. The molecule has 7 heteroatoms. The topological polar surface area (TPSA) is 78.5 Å². The second-order valence-electron chi connectivity index (χ2n) is 8.36. The summed E-state index contributed by atoms with van der Waals surface area (Å²) in [6.07, 6.45) is 4.12. The third-order valence-corrected chi connectivity index (χ3v) is 6.56. The Morgan fingerprint density at radius 3 is 2.58 bits per heavy atom. The molecule has 0 aliphatic carbocycles. The zero-order chi connectivity index (χ0) is 22.4. The van der Waals surface area contributed by atoms with Gasteiger partial charge >= 0.3 is 6.03 Å². The summed E-state index contributed by atoms with van der Waals surface area (Å²) in [5.41, 5.74) is 4.87. The summed E-state index contributed by atoms with van der Waals surface area (Å²) in [4.78, 5) is 14.5. The molecule has 2 aromatic carbocycles. The fourth-order valence-corrected chi connectivity index (χ4v) is 5.19. The first-order valence-electron chi connectivity index (χ1n) is 10.9. The number of piperidine rings is 1. The van der Waals surface area contributed by atoms with E-state index in [0.29, 0.717) is 19.5 Å². The third-order valence-electron chi connectivity index (χ3n) is 5.83. The van der Waals surface area contributed by atoms with Gasteiger partial charge in [-0.1, -0.05) is 48.5 Å². The van der Waals surface area contributed by atoms with Crippen molar-refractivity contribution < 1.29 is 13.2 Å². The smallest absolute Gasteiger partial charge is 0.317 e. The van der Waals surface area contributed by atoms with Crippen molar-refractivity contribution >= 4 is 16.1 Å². The first-order valence-corrected chi connectivity index (χ1v) is 12.8. The number of nitrogens with one attached hydrogen (secondary N) is 2. The molecule has 2 amide bonds. The first kappa shape index (κ1) is 23.3. The largest absolute Gasteiger partial charge is 0.338 e. The lowest BCUT2D eigenvalue weighted by molar-refractivity contribution is 0.134. The Hall–Kier alpha value is -2.38. The molecule has 1 fully saturated rings. The molecule has 3 rings (SSSR count). The molecule has 2 N–H and O–H groups in total. The maximum absolute atomic E-state index is 12.7. The van der Waals surface area contributed by atoms with Gasteiger partial charge < -0.3 is 10.2 Å². The zero-order valence-corrected chi connectivity index (χ0v) is 19.4. The monoisotopic (exact) mass is 443 g/mol. The van der Waals surface area contributed by atoms with Crippen LogP contribution in [0.3, 0.4) is 0 Å². The van der Waals surface area contributed by atoms with E-state index in [9.17, 15) is 13.2 Å². The lowest BCUT2D eigenvalue weighted by Gasteiger charge is -2.41. The second kappa shape index (κ2) is 10.3. The Labute approximate surface area is 186 Å². The van der Waals surface area contributed by atoms with E-state index in [4.69, 9.17) is 0 Å². The van der Waals surface area contributed by atoms with Crippen LogP contribution in [0.25, 0.3) is 0 Å². The van der Waals surface area contributed by atoms with Gasteiger partial charge in [0.25, 0.3) is 0 Å². The van der Waals surface area contributed by atoms with E-state index >= 15 is 0 Å². The van der Waals surface area contributed by atoms with Crippen LogP contribution in [0.4, 0.5) is 4.79 Å². The molecule has 31 heavy (non-hydrogen) atoms. The number of hydrogen-bond donors (Lipinski definition) is 2. The third kappa shape index (κ3) is 6.55. The highest BCUT2D eigenvalue weighted by atomic mass is 32.2. The van der Waals surface area contributed by atoms with Crippen molar-refractivity contribution in [3.05, 3.63) is 70.8 Å². The normalized spacial score (nSPS) is 19.3. The summed E-state index contributed by atoms with van der Waals surface area (Å²) in [5.74, 6) is 0. The molecule has 6 nitrogen and oxygen atoms in total. The van der Waals surface area contributed by atoms with Crippen LogP contribution in [0, 0.1) is 6.92 Å². The SMILES string of the molecule is CCNC(=O)N1CCCC(NS(C)(=O)=O)C1Cc1cccc(Cc2ccccc2C)c1. The van der Waals surface area contributed by atoms with Crippen molar-refractivity contribution in [2.75, 3.05) is 19.3 Å². The molecule has 0 bridgehead atoms. The predicted octanol–water partition coefficient (Wildman–Crippen LogP) is 3.24. The fraction of sp³-hybridized carbons (Fsp3) is 0.458. The first-order chi connectivity index (χ1) is 14.8. The Morgan fingerprint density at radius 2 is 1.87 bits per heavy atom. The molecule has 0 saturated carbocycles. The Bertz CT molecular complexity index is 1010. The van der Waals surface area contributed by atoms with Gasteiger partial charge in [-0.05, 0) is 61.8 Å². The molecule has 2 aromatic rings. The van der Waals surface area contributed by atoms with Crippen molar-refractivity contribution in [3.63, 3.8) is 0 Å². The molecule has 1 aliphatic heterocycles. The zero-order valence-electron chi connectivity index (χ0n) is 18.6. The van der Waals surface area contributed by atoms with E-state index in [1.54, 1.807) is 4.90 Å². The van der Waals surface area contributed by atoms with Crippen molar-refractivity contribution in [2.45, 2.75) is 51.6 Å². The lowest BCUT2D eigenvalue weighted by atomic mass is 9.90. The molecule has 1 aliphatic rings. The molecular weight excluding hydrogens is 410 g/mol. The van der Waals surface area contributed by atoms with Crippen LogP contribution in [0.1, 0.15) is 42.0 Å². The highest BCUT2D eigenvalue weighted by Gasteiger charge is 2.35. The van der Waals surface area contributed by atoms with Gasteiger partial charge in [0.1, 0.15) is 0 Å². The van der Waals surface area contributed by atoms with Gasteiger partial charge in [0.2, 0.25) is 10.0 Å². The van der Waals surface area contributed by atoms with Crippen molar-refractivity contribution in [1.82, 2.24) is 14.9 Å². The molecule has 0 radical (unpaired) electrons. The molecule has 1 heterocycles. The summed E-state index contributed by atoms with van der Waals surface area (Å²) >= 11 is 0. The van der Waals surface area contributed by atoms with Crippen molar-refractivity contribution in [2.24, 2.45) is 0 Å². The quantitative estimate of drug-likeness (QED) is 0.690. The lowest BCUT2D eigenvalue weighted by Crippen LogP contribution is -2.59. The Kier molecular flexibility index (Phi) is 7.73. The summed E-state index contributed by atoms with van der Waals surface area (Å²) in [7, 11) is -3.37. The van der Waals surface area contributed by atoms with Gasteiger partial charge in [0.05, 0.1) is 12.3 Å². The summed E-state index contributed by atoms with van der Waals surface area (Å²) in [5, 5.41) is 2.87. The number of urea groups is 1. The average Bonchev–Trinajstić information content (AvgIpc) is 2.70. The maximum atomic E-state index is 12.7.